The molecule has 0 spiro atoms. The third-order valence-electron chi connectivity index (χ3n) is 2.17. The van der Waals surface area contributed by atoms with Crippen LogP contribution in [0.5, 0.6) is 0 Å². The molecule has 0 saturated heterocycles. The fourth-order valence-corrected chi connectivity index (χ4v) is 1.47. The Morgan fingerprint density at radius 1 is 1.31 bits per heavy atom. The van der Waals surface area contributed by atoms with Crippen molar-refractivity contribution in [3.63, 3.8) is 0 Å². The van der Waals surface area contributed by atoms with E-state index in [1.807, 2.05) is 0 Å². The Bertz CT molecular complexity index is 159. The molecule has 0 aromatic heterocycles. The number of hydroxylamine groups is 1. The first kappa shape index (κ1) is 10.5. The number of hydrogen-bond donors (Lipinski definition) is 1. The maximum Gasteiger partial charge on any atom is 0.115 e. The number of halogens is 1. The molecule has 0 fully saturated rings. The fraction of sp³-hybridized carbons (Fsp3) is 0.800. The van der Waals surface area contributed by atoms with Crippen molar-refractivity contribution in [2.45, 2.75) is 38.5 Å². The van der Waals surface area contributed by atoms with E-state index in [2.05, 4.69) is 11.6 Å². The number of rotatable bonds is 4. The average molecular weight is 187 g/mol. The van der Waals surface area contributed by atoms with E-state index in [4.69, 9.17) is 4.84 Å². The zero-order valence-electron chi connectivity index (χ0n) is 8.02. The molecule has 0 atom stereocenters. The SMILES string of the molecule is FCCON/C1=C\CCCCCC1. The lowest BCUT2D eigenvalue weighted by molar-refractivity contribution is 0.0500. The van der Waals surface area contributed by atoms with E-state index in [1.165, 1.54) is 25.7 Å². The highest BCUT2D eigenvalue weighted by atomic mass is 19.1. The molecule has 0 aromatic rings. The van der Waals surface area contributed by atoms with E-state index >= 15 is 0 Å². The van der Waals surface area contributed by atoms with Gasteiger partial charge in [-0.15, -0.1) is 0 Å². The van der Waals surface area contributed by atoms with E-state index in [-0.39, 0.29) is 6.61 Å². The topological polar surface area (TPSA) is 21.3 Å². The van der Waals surface area contributed by atoms with Crippen molar-refractivity contribution in [2.24, 2.45) is 0 Å². The molecule has 1 aliphatic carbocycles. The molecule has 0 bridgehead atoms. The van der Waals surface area contributed by atoms with Gasteiger partial charge in [0.1, 0.15) is 13.3 Å². The summed E-state index contributed by atoms with van der Waals surface area (Å²) in [5.41, 5.74) is 3.93. The van der Waals surface area contributed by atoms with Gasteiger partial charge in [-0.05, 0) is 25.7 Å². The standard InChI is InChI=1S/C10H18FNO/c11-8-9-13-12-10-6-4-2-1-3-5-7-10/h6,12H,1-5,7-9H2/b10-6-. The van der Waals surface area contributed by atoms with Crippen LogP contribution in [0.2, 0.25) is 0 Å². The molecule has 76 valence electrons. The first-order chi connectivity index (χ1) is 6.43. The number of allylic oxidation sites excluding steroid dienone is 2. The largest absolute Gasteiger partial charge is 0.274 e. The highest BCUT2D eigenvalue weighted by molar-refractivity contribution is 4.98. The van der Waals surface area contributed by atoms with E-state index in [0.29, 0.717) is 0 Å². The zero-order chi connectivity index (χ0) is 9.36. The van der Waals surface area contributed by atoms with E-state index < -0.39 is 6.67 Å². The molecule has 0 saturated carbocycles. The Balaban J connectivity index is 2.19. The average Bonchev–Trinajstić information content (AvgIpc) is 2.08. The Kier molecular flexibility index (Phi) is 5.57. The van der Waals surface area contributed by atoms with Crippen LogP contribution in [0.25, 0.3) is 0 Å². The molecule has 0 radical (unpaired) electrons. The molecule has 1 N–H and O–H groups in total. The molecule has 2 nitrogen and oxygen atoms in total. The second kappa shape index (κ2) is 6.89. The molecule has 0 aliphatic heterocycles. The van der Waals surface area contributed by atoms with Gasteiger partial charge in [0, 0.05) is 5.70 Å². The highest BCUT2D eigenvalue weighted by Gasteiger charge is 2.01. The van der Waals surface area contributed by atoms with Crippen molar-refractivity contribution in [3.8, 4) is 0 Å². The molecular weight excluding hydrogens is 169 g/mol. The molecular formula is C10H18FNO. The zero-order valence-corrected chi connectivity index (χ0v) is 8.02. The van der Waals surface area contributed by atoms with Crippen LogP contribution in [0.4, 0.5) is 4.39 Å². The summed E-state index contributed by atoms with van der Waals surface area (Å²) >= 11 is 0. The number of alkyl halides is 1. The Morgan fingerprint density at radius 2 is 2.15 bits per heavy atom. The van der Waals surface area contributed by atoms with Gasteiger partial charge in [-0.1, -0.05) is 18.9 Å². The Hall–Kier alpha value is -0.570. The van der Waals surface area contributed by atoms with Gasteiger partial charge in [-0.3, -0.25) is 10.3 Å². The van der Waals surface area contributed by atoms with Crippen molar-refractivity contribution in [1.82, 2.24) is 5.48 Å². The molecule has 1 aliphatic rings. The lowest BCUT2D eigenvalue weighted by Gasteiger charge is -2.12. The summed E-state index contributed by atoms with van der Waals surface area (Å²) < 4.78 is 11.7. The minimum atomic E-state index is -0.430. The van der Waals surface area contributed by atoms with Crippen LogP contribution in [0.3, 0.4) is 0 Å². The predicted molar refractivity (Wildman–Crippen MR) is 50.8 cm³/mol. The molecule has 0 aromatic carbocycles. The maximum absolute atomic E-state index is 11.7. The van der Waals surface area contributed by atoms with Crippen molar-refractivity contribution < 1.29 is 9.23 Å². The van der Waals surface area contributed by atoms with Gasteiger partial charge < -0.3 is 0 Å². The fourth-order valence-electron chi connectivity index (χ4n) is 1.47. The Labute approximate surface area is 79.1 Å². The van der Waals surface area contributed by atoms with Gasteiger partial charge in [0.15, 0.2) is 0 Å². The number of hydrogen-bond acceptors (Lipinski definition) is 2. The Morgan fingerprint density at radius 3 is 3.00 bits per heavy atom. The third-order valence-corrected chi connectivity index (χ3v) is 2.17. The van der Waals surface area contributed by atoms with Crippen molar-refractivity contribution in [3.05, 3.63) is 11.8 Å². The smallest absolute Gasteiger partial charge is 0.115 e. The van der Waals surface area contributed by atoms with E-state index in [0.717, 1.165) is 18.5 Å². The second-order valence-electron chi connectivity index (χ2n) is 3.32. The summed E-state index contributed by atoms with van der Waals surface area (Å²) in [5.74, 6) is 0. The van der Waals surface area contributed by atoms with E-state index in [9.17, 15) is 4.39 Å². The van der Waals surface area contributed by atoms with Crippen molar-refractivity contribution >= 4 is 0 Å². The van der Waals surface area contributed by atoms with Crippen LogP contribution in [0.15, 0.2) is 11.8 Å². The van der Waals surface area contributed by atoms with Crippen LogP contribution in [-0.2, 0) is 4.84 Å². The highest BCUT2D eigenvalue weighted by Crippen LogP contribution is 2.14. The van der Waals surface area contributed by atoms with Crippen LogP contribution >= 0.6 is 0 Å². The number of nitrogens with one attached hydrogen (secondary N) is 1. The summed E-state index contributed by atoms with van der Waals surface area (Å²) in [6.45, 7) is -0.294. The van der Waals surface area contributed by atoms with Crippen molar-refractivity contribution in [1.29, 1.82) is 0 Å². The summed E-state index contributed by atoms with van der Waals surface area (Å²) in [6, 6.07) is 0. The van der Waals surface area contributed by atoms with Crippen molar-refractivity contribution in [2.75, 3.05) is 13.3 Å². The lowest BCUT2D eigenvalue weighted by atomic mass is 10.0. The van der Waals surface area contributed by atoms with Crippen LogP contribution < -0.4 is 5.48 Å². The predicted octanol–water partition coefficient (Wildman–Crippen LogP) is 2.72. The molecule has 0 amide bonds. The lowest BCUT2D eigenvalue weighted by Crippen LogP contribution is -2.16. The normalized spacial score (nSPS) is 22.7. The second-order valence-corrected chi connectivity index (χ2v) is 3.32. The monoisotopic (exact) mass is 187 g/mol. The maximum atomic E-state index is 11.7. The minimum absolute atomic E-state index is 0.136. The third kappa shape index (κ3) is 4.88. The summed E-state index contributed by atoms with van der Waals surface area (Å²) in [4.78, 5) is 4.93. The van der Waals surface area contributed by atoms with Crippen LogP contribution in [0, 0.1) is 0 Å². The quantitative estimate of drug-likeness (QED) is 0.539. The van der Waals surface area contributed by atoms with Gasteiger partial charge in [0.05, 0.1) is 0 Å². The molecule has 0 unspecified atom stereocenters. The van der Waals surface area contributed by atoms with Gasteiger partial charge in [0.25, 0.3) is 0 Å². The van der Waals surface area contributed by atoms with Gasteiger partial charge in [-0.2, -0.15) is 0 Å². The molecule has 13 heavy (non-hydrogen) atoms. The molecule has 1 rings (SSSR count). The minimum Gasteiger partial charge on any atom is -0.274 e. The summed E-state index contributed by atoms with van der Waals surface area (Å²) in [7, 11) is 0. The van der Waals surface area contributed by atoms with Gasteiger partial charge in [0.2, 0.25) is 0 Å². The molecule has 3 heteroatoms. The van der Waals surface area contributed by atoms with Gasteiger partial charge in [-0.25, -0.2) is 4.39 Å². The summed E-state index contributed by atoms with van der Waals surface area (Å²) in [5, 5.41) is 0. The van der Waals surface area contributed by atoms with E-state index in [1.54, 1.807) is 0 Å². The summed E-state index contributed by atoms with van der Waals surface area (Å²) in [6.07, 6.45) is 9.40. The molecule has 0 heterocycles. The first-order valence-electron chi connectivity index (χ1n) is 5.06. The van der Waals surface area contributed by atoms with Crippen LogP contribution in [-0.4, -0.2) is 13.3 Å². The first-order valence-corrected chi connectivity index (χ1v) is 5.06. The van der Waals surface area contributed by atoms with Crippen LogP contribution in [0.1, 0.15) is 38.5 Å². The van der Waals surface area contributed by atoms with Gasteiger partial charge >= 0.3 is 0 Å².